The molecule has 0 radical (unpaired) electrons. The summed E-state index contributed by atoms with van der Waals surface area (Å²) in [6, 6.07) is 10.6. The predicted octanol–water partition coefficient (Wildman–Crippen LogP) is 3.63. The second kappa shape index (κ2) is 6.14. The maximum absolute atomic E-state index is 13.4. The van der Waals surface area contributed by atoms with Gasteiger partial charge in [-0.05, 0) is 35.4 Å². The summed E-state index contributed by atoms with van der Waals surface area (Å²) in [5.41, 5.74) is 3.12. The molecule has 124 valence electrons. The standard InChI is InChI=1S/C18H12ClFN4O/c19-14-3-1-2-12(5-14)13-6-16-17(22-8-13)23-18(25)24(16)10-11-4-15(20)9-21-7-11/h1-9H,10H2,(H,22,23,25). The fourth-order valence-electron chi connectivity index (χ4n) is 2.74. The number of fused-ring (bicyclic) bond motifs is 1. The number of nitrogens with zero attached hydrogens (tertiary/aromatic N) is 3. The van der Waals surface area contributed by atoms with E-state index < -0.39 is 5.82 Å². The van der Waals surface area contributed by atoms with Crippen molar-refractivity contribution in [1.82, 2.24) is 19.5 Å². The summed E-state index contributed by atoms with van der Waals surface area (Å²) in [7, 11) is 0. The molecule has 0 bridgehead atoms. The van der Waals surface area contributed by atoms with E-state index in [1.54, 1.807) is 12.3 Å². The summed E-state index contributed by atoms with van der Waals surface area (Å²) in [5, 5.41) is 0.620. The van der Waals surface area contributed by atoms with Gasteiger partial charge in [0.2, 0.25) is 0 Å². The van der Waals surface area contributed by atoms with E-state index >= 15 is 0 Å². The molecule has 0 aliphatic carbocycles. The van der Waals surface area contributed by atoms with E-state index in [-0.39, 0.29) is 12.2 Å². The van der Waals surface area contributed by atoms with Crippen LogP contribution in [-0.4, -0.2) is 19.5 Å². The van der Waals surface area contributed by atoms with Crippen LogP contribution in [0.25, 0.3) is 22.3 Å². The third-order valence-corrected chi connectivity index (χ3v) is 4.12. The number of aromatic amines is 1. The number of aromatic nitrogens is 4. The van der Waals surface area contributed by atoms with Gasteiger partial charge in [-0.2, -0.15) is 0 Å². The molecule has 0 saturated carbocycles. The number of pyridine rings is 2. The van der Waals surface area contributed by atoms with Crippen molar-refractivity contribution in [2.45, 2.75) is 6.54 Å². The van der Waals surface area contributed by atoms with E-state index in [0.29, 0.717) is 21.7 Å². The highest BCUT2D eigenvalue weighted by Gasteiger charge is 2.11. The van der Waals surface area contributed by atoms with Crippen molar-refractivity contribution in [3.8, 4) is 11.1 Å². The SMILES string of the molecule is O=c1[nH]c2ncc(-c3cccc(Cl)c3)cc2n1Cc1cncc(F)c1. The second-order valence-electron chi connectivity index (χ2n) is 5.63. The molecule has 0 atom stereocenters. The van der Waals surface area contributed by atoms with E-state index in [1.807, 2.05) is 24.3 Å². The number of H-pyrrole nitrogens is 1. The van der Waals surface area contributed by atoms with E-state index in [9.17, 15) is 9.18 Å². The maximum Gasteiger partial charge on any atom is 0.327 e. The Balaban J connectivity index is 1.83. The lowest BCUT2D eigenvalue weighted by Crippen LogP contribution is -2.17. The van der Waals surface area contributed by atoms with Crippen molar-refractivity contribution in [2.75, 3.05) is 0 Å². The first kappa shape index (κ1) is 15.5. The second-order valence-corrected chi connectivity index (χ2v) is 6.07. The van der Waals surface area contributed by atoms with Crippen molar-refractivity contribution in [2.24, 2.45) is 0 Å². The van der Waals surface area contributed by atoms with E-state index in [1.165, 1.54) is 16.8 Å². The van der Waals surface area contributed by atoms with Gasteiger partial charge in [0.1, 0.15) is 5.82 Å². The Morgan fingerprint density at radius 1 is 1.12 bits per heavy atom. The topological polar surface area (TPSA) is 63.6 Å². The van der Waals surface area contributed by atoms with Gasteiger partial charge in [-0.3, -0.25) is 14.5 Å². The highest BCUT2D eigenvalue weighted by Crippen LogP contribution is 2.24. The molecule has 25 heavy (non-hydrogen) atoms. The lowest BCUT2D eigenvalue weighted by Gasteiger charge is -2.06. The number of hydrogen-bond acceptors (Lipinski definition) is 3. The number of rotatable bonds is 3. The van der Waals surface area contributed by atoms with Gasteiger partial charge in [0.15, 0.2) is 5.65 Å². The van der Waals surface area contributed by atoms with Crippen molar-refractivity contribution in [1.29, 1.82) is 0 Å². The molecule has 1 aromatic carbocycles. The van der Waals surface area contributed by atoms with Gasteiger partial charge < -0.3 is 0 Å². The van der Waals surface area contributed by atoms with Crippen LogP contribution in [0.3, 0.4) is 0 Å². The predicted molar refractivity (Wildman–Crippen MR) is 94.1 cm³/mol. The molecule has 0 amide bonds. The lowest BCUT2D eigenvalue weighted by molar-refractivity contribution is 0.616. The minimum atomic E-state index is -0.442. The van der Waals surface area contributed by atoms with Crippen LogP contribution in [0.2, 0.25) is 5.02 Å². The number of nitrogens with one attached hydrogen (secondary N) is 1. The Hall–Kier alpha value is -2.99. The van der Waals surface area contributed by atoms with Gasteiger partial charge in [0, 0.05) is 23.0 Å². The highest BCUT2D eigenvalue weighted by molar-refractivity contribution is 6.30. The molecule has 5 nitrogen and oxygen atoms in total. The molecule has 3 aromatic heterocycles. The molecule has 0 fully saturated rings. The summed E-state index contributed by atoms with van der Waals surface area (Å²) >= 11 is 6.05. The van der Waals surface area contributed by atoms with Gasteiger partial charge in [-0.1, -0.05) is 23.7 Å². The smallest absolute Gasteiger partial charge is 0.290 e. The first-order valence-corrected chi connectivity index (χ1v) is 7.92. The first-order chi connectivity index (χ1) is 12.1. The molecular formula is C18H12ClFN4O. The Kier molecular flexibility index (Phi) is 3.82. The quantitative estimate of drug-likeness (QED) is 0.611. The van der Waals surface area contributed by atoms with Crippen LogP contribution in [0, 0.1) is 5.82 Å². The zero-order chi connectivity index (χ0) is 17.4. The average Bonchev–Trinajstić information content (AvgIpc) is 2.90. The normalized spacial score (nSPS) is 11.1. The minimum absolute atomic E-state index is 0.199. The molecule has 0 unspecified atom stereocenters. The number of halogens is 2. The molecular weight excluding hydrogens is 343 g/mol. The fourth-order valence-corrected chi connectivity index (χ4v) is 2.93. The third-order valence-electron chi connectivity index (χ3n) is 3.89. The van der Waals surface area contributed by atoms with Crippen LogP contribution in [0.4, 0.5) is 4.39 Å². The van der Waals surface area contributed by atoms with Gasteiger partial charge in [0.25, 0.3) is 0 Å². The van der Waals surface area contributed by atoms with E-state index in [4.69, 9.17) is 11.6 Å². The van der Waals surface area contributed by atoms with Crippen LogP contribution in [-0.2, 0) is 6.54 Å². The Morgan fingerprint density at radius 3 is 2.80 bits per heavy atom. The molecule has 4 aromatic rings. The van der Waals surface area contributed by atoms with Crippen molar-refractivity contribution in [3.63, 3.8) is 0 Å². The number of hydrogen-bond donors (Lipinski definition) is 1. The molecule has 3 heterocycles. The van der Waals surface area contributed by atoms with Gasteiger partial charge in [-0.15, -0.1) is 0 Å². The summed E-state index contributed by atoms with van der Waals surface area (Å²) in [6.45, 7) is 0.199. The summed E-state index contributed by atoms with van der Waals surface area (Å²) in [4.78, 5) is 23.1. The van der Waals surface area contributed by atoms with Crippen molar-refractivity contribution >= 4 is 22.8 Å². The van der Waals surface area contributed by atoms with Gasteiger partial charge in [-0.25, -0.2) is 14.2 Å². The summed E-state index contributed by atoms with van der Waals surface area (Å²) < 4.78 is 14.9. The monoisotopic (exact) mass is 354 g/mol. The molecule has 0 aliphatic rings. The Labute approximate surface area is 146 Å². The third kappa shape index (κ3) is 3.04. The first-order valence-electron chi connectivity index (χ1n) is 7.54. The maximum atomic E-state index is 13.4. The largest absolute Gasteiger partial charge is 0.327 e. The highest BCUT2D eigenvalue weighted by atomic mass is 35.5. The summed E-state index contributed by atoms with van der Waals surface area (Å²) in [6.07, 6.45) is 4.33. The molecule has 7 heteroatoms. The van der Waals surface area contributed by atoms with Gasteiger partial charge >= 0.3 is 5.69 Å². The minimum Gasteiger partial charge on any atom is -0.290 e. The van der Waals surface area contributed by atoms with Crippen LogP contribution in [0.15, 0.2) is 59.8 Å². The average molecular weight is 355 g/mol. The molecule has 4 rings (SSSR count). The Bertz CT molecular complexity index is 1140. The fraction of sp³-hybridized carbons (Fsp3) is 0.0556. The molecule has 0 aliphatic heterocycles. The number of imidazole rings is 1. The Morgan fingerprint density at radius 2 is 2.00 bits per heavy atom. The molecule has 1 N–H and O–H groups in total. The summed E-state index contributed by atoms with van der Waals surface area (Å²) in [5.74, 6) is -0.442. The van der Waals surface area contributed by atoms with Gasteiger partial charge in [0.05, 0.1) is 18.3 Å². The molecule has 0 saturated heterocycles. The molecule has 0 spiro atoms. The van der Waals surface area contributed by atoms with Crippen LogP contribution in [0.5, 0.6) is 0 Å². The van der Waals surface area contributed by atoms with E-state index in [2.05, 4.69) is 15.0 Å². The van der Waals surface area contributed by atoms with Crippen LogP contribution >= 0.6 is 11.6 Å². The zero-order valence-corrected chi connectivity index (χ0v) is 13.7. The zero-order valence-electron chi connectivity index (χ0n) is 12.9. The van der Waals surface area contributed by atoms with Crippen molar-refractivity contribution in [3.05, 3.63) is 81.9 Å². The lowest BCUT2D eigenvalue weighted by atomic mass is 10.1. The number of benzene rings is 1. The van der Waals surface area contributed by atoms with Crippen LogP contribution in [0.1, 0.15) is 5.56 Å². The van der Waals surface area contributed by atoms with Crippen molar-refractivity contribution < 1.29 is 4.39 Å². The van der Waals surface area contributed by atoms with E-state index in [0.717, 1.165) is 17.3 Å². The van der Waals surface area contributed by atoms with Crippen LogP contribution < -0.4 is 5.69 Å².